The van der Waals surface area contributed by atoms with Gasteiger partial charge in [-0.2, -0.15) is 0 Å². The molecule has 18 heavy (non-hydrogen) atoms. The fourth-order valence-electron chi connectivity index (χ4n) is 1.66. The number of carbonyl (C=O) groups is 3. The third-order valence-corrected chi connectivity index (χ3v) is 2.85. The minimum Gasteiger partial charge on any atom is -0.340 e. The van der Waals surface area contributed by atoms with Gasteiger partial charge >= 0.3 is 0 Å². The molecule has 1 heterocycles. The zero-order valence-electron chi connectivity index (χ0n) is 10.9. The van der Waals surface area contributed by atoms with Crippen molar-refractivity contribution in [2.24, 2.45) is 0 Å². The molecule has 0 aromatic rings. The Kier molecular flexibility index (Phi) is 5.73. The van der Waals surface area contributed by atoms with Gasteiger partial charge in [-0.1, -0.05) is 0 Å². The van der Waals surface area contributed by atoms with Gasteiger partial charge in [0.2, 0.25) is 11.7 Å². The van der Waals surface area contributed by atoms with E-state index >= 15 is 0 Å². The highest BCUT2D eigenvalue weighted by molar-refractivity contribution is 6.37. The van der Waals surface area contributed by atoms with Crippen LogP contribution in [0.25, 0.3) is 0 Å². The second kappa shape index (κ2) is 7.07. The summed E-state index contributed by atoms with van der Waals surface area (Å²) in [4.78, 5) is 38.1. The molecule has 2 amide bonds. The number of nitrogens with one attached hydrogen (secondary N) is 2. The summed E-state index contributed by atoms with van der Waals surface area (Å²) >= 11 is 0. The molecule has 0 spiro atoms. The van der Waals surface area contributed by atoms with Gasteiger partial charge < -0.3 is 20.4 Å². The molecular formula is C11H20N4O3. The zero-order valence-corrected chi connectivity index (χ0v) is 10.9. The van der Waals surface area contributed by atoms with Crippen molar-refractivity contribution in [3.63, 3.8) is 0 Å². The van der Waals surface area contributed by atoms with Crippen molar-refractivity contribution in [2.45, 2.75) is 0 Å². The van der Waals surface area contributed by atoms with Gasteiger partial charge in [-0.05, 0) is 14.1 Å². The van der Waals surface area contributed by atoms with Crippen LogP contribution in [0.3, 0.4) is 0 Å². The van der Waals surface area contributed by atoms with Crippen molar-refractivity contribution in [2.75, 3.05) is 53.4 Å². The lowest BCUT2D eigenvalue weighted by atomic mass is 10.3. The number of Topliss-reactive ketones (excluding diaryl/α,β-unsaturated/α-hetero) is 1. The molecule has 1 aliphatic heterocycles. The van der Waals surface area contributed by atoms with Crippen LogP contribution in [0.1, 0.15) is 0 Å². The van der Waals surface area contributed by atoms with Crippen LogP contribution in [-0.2, 0) is 14.4 Å². The summed E-state index contributed by atoms with van der Waals surface area (Å²) in [5, 5.41) is 4.94. The largest absolute Gasteiger partial charge is 0.340 e. The molecule has 0 saturated carbocycles. The molecule has 1 aliphatic rings. The Bertz CT molecular complexity index is 324. The maximum Gasteiger partial charge on any atom is 0.289 e. The Morgan fingerprint density at radius 1 is 1.06 bits per heavy atom. The Hall–Kier alpha value is -1.47. The molecule has 0 aliphatic carbocycles. The summed E-state index contributed by atoms with van der Waals surface area (Å²) in [6.45, 7) is 2.86. The Balaban J connectivity index is 2.28. The third-order valence-electron chi connectivity index (χ3n) is 2.85. The van der Waals surface area contributed by atoms with Gasteiger partial charge in [-0.25, -0.2) is 0 Å². The maximum absolute atomic E-state index is 11.8. The van der Waals surface area contributed by atoms with Crippen LogP contribution in [0.5, 0.6) is 0 Å². The fraction of sp³-hybridized carbons (Fsp3) is 0.727. The van der Waals surface area contributed by atoms with Crippen molar-refractivity contribution in [3.8, 4) is 0 Å². The molecule has 1 rings (SSSR count). The van der Waals surface area contributed by atoms with Gasteiger partial charge in [0.25, 0.3) is 5.91 Å². The van der Waals surface area contributed by atoms with Crippen LogP contribution in [0, 0.1) is 0 Å². The minimum atomic E-state index is -0.716. The van der Waals surface area contributed by atoms with Gasteiger partial charge in [0.1, 0.15) is 0 Å². The first-order valence-electron chi connectivity index (χ1n) is 5.96. The molecule has 7 nitrogen and oxygen atoms in total. The summed E-state index contributed by atoms with van der Waals surface area (Å²) in [7, 11) is 3.58. The number of hydrogen-bond acceptors (Lipinski definition) is 5. The van der Waals surface area contributed by atoms with Gasteiger partial charge in [0, 0.05) is 26.2 Å². The minimum absolute atomic E-state index is 0.0193. The topological polar surface area (TPSA) is 81.8 Å². The molecule has 2 N–H and O–H groups in total. The Morgan fingerprint density at radius 2 is 1.67 bits per heavy atom. The van der Waals surface area contributed by atoms with E-state index in [0.717, 1.165) is 13.1 Å². The molecule has 0 aromatic heterocycles. The number of piperazine rings is 1. The smallest absolute Gasteiger partial charge is 0.289 e. The lowest BCUT2D eigenvalue weighted by Gasteiger charge is -2.32. The molecule has 7 heteroatoms. The molecule has 102 valence electrons. The van der Waals surface area contributed by atoms with E-state index in [0.29, 0.717) is 13.1 Å². The van der Waals surface area contributed by atoms with Gasteiger partial charge in [-0.3, -0.25) is 14.4 Å². The number of hydrogen-bond donors (Lipinski definition) is 2. The summed E-state index contributed by atoms with van der Waals surface area (Å²) in [6.07, 6.45) is 0. The standard InChI is InChI=1S/C11H20N4O3/c1-12-7-9(16)11(18)13-8-10(17)15-5-3-14(2)4-6-15/h12H,3-8H2,1-2H3,(H,13,18). The summed E-state index contributed by atoms with van der Waals surface area (Å²) in [6, 6.07) is 0. The SMILES string of the molecule is CNCC(=O)C(=O)NCC(=O)N1CCN(C)CC1. The van der Waals surface area contributed by atoms with Gasteiger partial charge in [-0.15, -0.1) is 0 Å². The van der Waals surface area contributed by atoms with E-state index in [9.17, 15) is 14.4 Å². The van der Waals surface area contributed by atoms with Crippen LogP contribution < -0.4 is 10.6 Å². The van der Waals surface area contributed by atoms with E-state index in [2.05, 4.69) is 15.5 Å². The fourth-order valence-corrected chi connectivity index (χ4v) is 1.66. The third kappa shape index (κ3) is 4.42. The summed E-state index contributed by atoms with van der Waals surface area (Å²) in [5.41, 5.74) is 0. The molecule has 0 unspecified atom stereocenters. The second-order valence-corrected chi connectivity index (χ2v) is 4.32. The first-order chi connectivity index (χ1) is 8.54. The van der Waals surface area contributed by atoms with E-state index in [-0.39, 0.29) is 19.0 Å². The van der Waals surface area contributed by atoms with E-state index in [4.69, 9.17) is 0 Å². The van der Waals surface area contributed by atoms with Crippen molar-refractivity contribution >= 4 is 17.6 Å². The quantitative estimate of drug-likeness (QED) is 0.539. The number of nitrogens with zero attached hydrogens (tertiary/aromatic N) is 2. The predicted molar refractivity (Wildman–Crippen MR) is 66.0 cm³/mol. The molecule has 0 atom stereocenters. The first-order valence-corrected chi connectivity index (χ1v) is 5.96. The lowest BCUT2D eigenvalue weighted by molar-refractivity contribution is -0.139. The number of rotatable bonds is 5. The maximum atomic E-state index is 11.8. The molecule has 1 fully saturated rings. The lowest BCUT2D eigenvalue weighted by Crippen LogP contribution is -2.50. The van der Waals surface area contributed by atoms with Crippen LogP contribution in [0.4, 0.5) is 0 Å². The van der Waals surface area contributed by atoms with Crippen molar-refractivity contribution in [3.05, 3.63) is 0 Å². The summed E-state index contributed by atoms with van der Waals surface area (Å²) in [5.74, 6) is -1.43. The first kappa shape index (κ1) is 14.6. The number of amides is 2. The Morgan fingerprint density at radius 3 is 2.22 bits per heavy atom. The van der Waals surface area contributed by atoms with E-state index < -0.39 is 11.7 Å². The van der Waals surface area contributed by atoms with E-state index in [1.54, 1.807) is 11.9 Å². The normalized spacial score (nSPS) is 16.4. The van der Waals surface area contributed by atoms with Gasteiger partial charge in [0.05, 0.1) is 13.1 Å². The second-order valence-electron chi connectivity index (χ2n) is 4.32. The predicted octanol–water partition coefficient (Wildman–Crippen LogP) is -2.33. The van der Waals surface area contributed by atoms with Crippen molar-refractivity contribution < 1.29 is 14.4 Å². The molecule has 1 saturated heterocycles. The Labute approximate surface area is 106 Å². The highest BCUT2D eigenvalue weighted by atomic mass is 16.2. The van der Waals surface area contributed by atoms with E-state index in [1.165, 1.54) is 0 Å². The molecule has 0 radical (unpaired) electrons. The number of likely N-dealkylation sites (N-methyl/N-ethyl adjacent to an activating group) is 2. The number of ketones is 1. The molecular weight excluding hydrogens is 236 g/mol. The van der Waals surface area contributed by atoms with Crippen LogP contribution in [-0.4, -0.2) is 80.8 Å². The van der Waals surface area contributed by atoms with Gasteiger partial charge in [0.15, 0.2) is 0 Å². The molecule has 0 aromatic carbocycles. The summed E-state index contributed by atoms with van der Waals surface area (Å²) < 4.78 is 0. The van der Waals surface area contributed by atoms with Crippen LogP contribution in [0.15, 0.2) is 0 Å². The average molecular weight is 256 g/mol. The van der Waals surface area contributed by atoms with Crippen molar-refractivity contribution in [1.29, 1.82) is 0 Å². The zero-order chi connectivity index (χ0) is 13.5. The highest BCUT2D eigenvalue weighted by Gasteiger charge is 2.20. The van der Waals surface area contributed by atoms with Crippen molar-refractivity contribution in [1.82, 2.24) is 20.4 Å². The molecule has 0 bridgehead atoms. The van der Waals surface area contributed by atoms with Crippen LogP contribution >= 0.6 is 0 Å². The number of carbonyl (C=O) groups excluding carboxylic acids is 3. The average Bonchev–Trinajstić information content (AvgIpc) is 2.36. The highest BCUT2D eigenvalue weighted by Crippen LogP contribution is 1.98. The van der Waals surface area contributed by atoms with Crippen LogP contribution in [0.2, 0.25) is 0 Å². The monoisotopic (exact) mass is 256 g/mol. The van der Waals surface area contributed by atoms with E-state index in [1.807, 2.05) is 7.05 Å².